The van der Waals surface area contributed by atoms with Gasteiger partial charge in [0.05, 0.1) is 0 Å². The van der Waals surface area contributed by atoms with Crippen LogP contribution in [0.2, 0.25) is 0 Å². The van der Waals surface area contributed by atoms with Gasteiger partial charge in [-0.1, -0.05) is 20.8 Å². The van der Waals surface area contributed by atoms with E-state index in [0.29, 0.717) is 4.75 Å². The monoisotopic (exact) mass is 293 g/mol. The van der Waals surface area contributed by atoms with Crippen LogP contribution in [0.25, 0.3) is 0 Å². The molecule has 0 amide bonds. The van der Waals surface area contributed by atoms with Crippen molar-refractivity contribution in [2.75, 3.05) is 30.3 Å². The van der Waals surface area contributed by atoms with Gasteiger partial charge in [0.25, 0.3) is 0 Å². The lowest BCUT2D eigenvalue weighted by atomic mass is 10.1. The molecule has 0 spiro atoms. The second-order valence-corrected chi connectivity index (χ2v) is 7.85. The fraction of sp³-hybridized carbons (Fsp3) is 0.688. The topological polar surface area (TPSA) is 28.2 Å². The number of hydrogen-bond donors (Lipinski definition) is 1. The van der Waals surface area contributed by atoms with E-state index in [1.54, 1.807) is 0 Å². The lowest BCUT2D eigenvalue weighted by Crippen LogP contribution is -2.28. The number of thioether (sulfide) groups is 1. The Bertz CT molecular complexity index is 420. The van der Waals surface area contributed by atoms with Crippen molar-refractivity contribution in [3.05, 3.63) is 23.9 Å². The van der Waals surface area contributed by atoms with Gasteiger partial charge in [-0.25, -0.2) is 4.98 Å². The number of aromatic nitrogens is 1. The van der Waals surface area contributed by atoms with E-state index in [0.717, 1.165) is 32.0 Å². The van der Waals surface area contributed by atoms with Crippen molar-refractivity contribution >= 4 is 17.6 Å². The average Bonchev–Trinajstić information content (AvgIpc) is 2.60. The number of nitrogens with one attached hydrogen (secondary N) is 1. The smallest absolute Gasteiger partial charge is 0.128 e. The van der Waals surface area contributed by atoms with Crippen molar-refractivity contribution in [2.45, 2.75) is 44.9 Å². The summed E-state index contributed by atoms with van der Waals surface area (Å²) in [6.07, 6.45) is 4.34. The van der Waals surface area contributed by atoms with E-state index < -0.39 is 0 Å². The first-order valence-electron chi connectivity index (χ1n) is 7.65. The minimum atomic E-state index is 0.398. The molecule has 0 saturated carbocycles. The largest absolute Gasteiger partial charge is 0.356 e. The normalized spacial score (nSPS) is 18.9. The third kappa shape index (κ3) is 4.67. The van der Waals surface area contributed by atoms with E-state index in [1.807, 2.05) is 6.20 Å². The van der Waals surface area contributed by atoms with E-state index in [4.69, 9.17) is 0 Å². The summed E-state index contributed by atoms with van der Waals surface area (Å²) in [5.41, 5.74) is 1.33. The molecule has 2 heterocycles. The molecule has 3 nitrogen and oxygen atoms in total. The summed E-state index contributed by atoms with van der Waals surface area (Å²) in [7, 11) is 0. The highest BCUT2D eigenvalue weighted by molar-refractivity contribution is 8.00. The summed E-state index contributed by atoms with van der Waals surface area (Å²) in [4.78, 5) is 7.01. The number of rotatable bonds is 5. The maximum atomic E-state index is 4.57. The van der Waals surface area contributed by atoms with Gasteiger partial charge >= 0.3 is 0 Å². The zero-order valence-electron chi connectivity index (χ0n) is 13.0. The van der Waals surface area contributed by atoms with Crippen LogP contribution in [0.1, 0.15) is 39.2 Å². The number of pyridine rings is 1. The van der Waals surface area contributed by atoms with Crippen molar-refractivity contribution in [2.24, 2.45) is 0 Å². The predicted molar refractivity (Wildman–Crippen MR) is 89.6 cm³/mol. The van der Waals surface area contributed by atoms with Crippen LogP contribution in [0.15, 0.2) is 18.3 Å². The highest BCUT2D eigenvalue weighted by atomic mass is 32.2. The summed E-state index contributed by atoms with van der Waals surface area (Å²) < 4.78 is 0.398. The molecule has 112 valence electrons. The Morgan fingerprint density at radius 1 is 1.40 bits per heavy atom. The van der Waals surface area contributed by atoms with Crippen LogP contribution in [-0.2, 0) is 6.54 Å². The van der Waals surface area contributed by atoms with Gasteiger partial charge in [-0.2, -0.15) is 11.8 Å². The molecule has 1 aliphatic heterocycles. The van der Waals surface area contributed by atoms with Crippen molar-refractivity contribution in [3.8, 4) is 0 Å². The molecule has 1 aromatic rings. The maximum absolute atomic E-state index is 4.57. The van der Waals surface area contributed by atoms with Gasteiger partial charge in [0, 0.05) is 36.3 Å². The number of nitrogens with zero attached hydrogens (tertiary/aromatic N) is 2. The zero-order chi connectivity index (χ0) is 14.4. The van der Waals surface area contributed by atoms with Crippen LogP contribution >= 0.6 is 11.8 Å². The molecular formula is C16H27N3S. The third-order valence-electron chi connectivity index (χ3n) is 3.73. The second-order valence-electron chi connectivity index (χ2n) is 6.04. The van der Waals surface area contributed by atoms with E-state index in [1.165, 1.54) is 24.2 Å². The molecule has 4 heteroatoms. The number of hydrogen-bond acceptors (Lipinski definition) is 4. The molecule has 20 heavy (non-hydrogen) atoms. The molecule has 0 bridgehead atoms. The quantitative estimate of drug-likeness (QED) is 0.843. The first-order chi connectivity index (χ1) is 9.61. The van der Waals surface area contributed by atoms with Gasteiger partial charge in [0.1, 0.15) is 5.82 Å². The second kappa shape index (κ2) is 7.32. The standard InChI is InChI=1S/C16H27N3S/c1-4-7-17-13-14-5-8-18-15(12-14)19-9-6-16(2,3)20-11-10-19/h5,8,12,17H,4,6-7,9-11,13H2,1-3H3. The first kappa shape index (κ1) is 15.6. The van der Waals surface area contributed by atoms with Crippen molar-refractivity contribution < 1.29 is 0 Å². The predicted octanol–water partition coefficient (Wildman–Crippen LogP) is 3.30. The van der Waals surface area contributed by atoms with Crippen LogP contribution in [0, 0.1) is 0 Å². The van der Waals surface area contributed by atoms with Crippen LogP contribution in [-0.4, -0.2) is 35.1 Å². The van der Waals surface area contributed by atoms with E-state index in [9.17, 15) is 0 Å². The average molecular weight is 293 g/mol. The van der Waals surface area contributed by atoms with Gasteiger partial charge in [-0.05, 0) is 37.1 Å². The van der Waals surface area contributed by atoms with Crippen LogP contribution in [0.4, 0.5) is 5.82 Å². The Balaban J connectivity index is 1.99. The van der Waals surface area contributed by atoms with E-state index in [-0.39, 0.29) is 0 Å². The minimum Gasteiger partial charge on any atom is -0.356 e. The molecule has 0 radical (unpaired) electrons. The molecule has 2 rings (SSSR count). The fourth-order valence-corrected chi connectivity index (χ4v) is 3.50. The molecule has 0 aromatic carbocycles. The Labute approximate surface area is 127 Å². The van der Waals surface area contributed by atoms with Crippen molar-refractivity contribution in [1.82, 2.24) is 10.3 Å². The molecule has 0 atom stereocenters. The molecule has 1 aliphatic rings. The minimum absolute atomic E-state index is 0.398. The van der Waals surface area contributed by atoms with Gasteiger partial charge < -0.3 is 10.2 Å². The van der Waals surface area contributed by atoms with Crippen LogP contribution in [0.5, 0.6) is 0 Å². The highest BCUT2D eigenvalue weighted by Gasteiger charge is 2.24. The number of anilines is 1. The summed E-state index contributed by atoms with van der Waals surface area (Å²) in [6.45, 7) is 11.1. The van der Waals surface area contributed by atoms with Gasteiger partial charge in [0.2, 0.25) is 0 Å². The Hall–Kier alpha value is -0.740. The lowest BCUT2D eigenvalue weighted by molar-refractivity contribution is 0.634. The summed E-state index contributed by atoms with van der Waals surface area (Å²) >= 11 is 2.08. The SMILES string of the molecule is CCCNCc1ccnc(N2CCSC(C)(C)CC2)c1. The van der Waals surface area contributed by atoms with E-state index in [2.05, 4.69) is 59.9 Å². The molecule has 1 aromatic heterocycles. The van der Waals surface area contributed by atoms with Crippen molar-refractivity contribution in [1.29, 1.82) is 0 Å². The summed E-state index contributed by atoms with van der Waals surface area (Å²) in [5, 5.41) is 3.46. The molecule has 0 unspecified atom stereocenters. The Kier molecular flexibility index (Phi) is 5.73. The van der Waals surface area contributed by atoms with Crippen molar-refractivity contribution in [3.63, 3.8) is 0 Å². The molecule has 1 N–H and O–H groups in total. The lowest BCUT2D eigenvalue weighted by Gasteiger charge is -2.23. The Morgan fingerprint density at radius 2 is 2.25 bits per heavy atom. The van der Waals surface area contributed by atoms with Gasteiger partial charge in [0.15, 0.2) is 0 Å². The summed E-state index contributed by atoms with van der Waals surface area (Å²) in [5.74, 6) is 2.33. The summed E-state index contributed by atoms with van der Waals surface area (Å²) in [6, 6.07) is 4.36. The molecular weight excluding hydrogens is 266 g/mol. The molecule has 0 aliphatic carbocycles. The first-order valence-corrected chi connectivity index (χ1v) is 8.64. The van der Waals surface area contributed by atoms with Gasteiger partial charge in [-0.3, -0.25) is 0 Å². The fourth-order valence-electron chi connectivity index (χ4n) is 2.40. The maximum Gasteiger partial charge on any atom is 0.128 e. The van der Waals surface area contributed by atoms with Crippen LogP contribution in [0.3, 0.4) is 0 Å². The van der Waals surface area contributed by atoms with E-state index >= 15 is 0 Å². The zero-order valence-corrected chi connectivity index (χ0v) is 13.8. The third-order valence-corrected chi connectivity index (χ3v) is 5.10. The van der Waals surface area contributed by atoms with Gasteiger partial charge in [-0.15, -0.1) is 0 Å². The van der Waals surface area contributed by atoms with Crippen LogP contribution < -0.4 is 10.2 Å². The molecule has 1 saturated heterocycles. The Morgan fingerprint density at radius 3 is 3.05 bits per heavy atom. The molecule has 1 fully saturated rings. The highest BCUT2D eigenvalue weighted by Crippen LogP contribution is 2.31.